The molecule has 0 aliphatic carbocycles. The summed E-state index contributed by atoms with van der Waals surface area (Å²) >= 11 is 8.89. The molecule has 26 heavy (non-hydrogen) atoms. The Hall–Kier alpha value is -1.83. The van der Waals surface area contributed by atoms with Gasteiger partial charge in [-0.1, -0.05) is 30.7 Å². The summed E-state index contributed by atoms with van der Waals surface area (Å²) in [5.74, 6) is 0.781. The Morgan fingerprint density at radius 2 is 2.27 bits per heavy atom. The summed E-state index contributed by atoms with van der Waals surface area (Å²) in [6, 6.07) is 8.98. The van der Waals surface area contributed by atoms with E-state index in [4.69, 9.17) is 11.6 Å². The molecule has 0 aliphatic rings. The smallest absolute Gasteiger partial charge is 0.258 e. The van der Waals surface area contributed by atoms with Gasteiger partial charge in [-0.15, -0.1) is 23.1 Å². The number of thiazole rings is 1. The number of carbonyl (C=O) groups excluding carboxylic acids is 1. The van der Waals surface area contributed by atoms with E-state index in [0.717, 1.165) is 12.0 Å². The minimum Gasteiger partial charge on any atom is -0.349 e. The second-order valence-corrected chi connectivity index (χ2v) is 8.01. The summed E-state index contributed by atoms with van der Waals surface area (Å²) in [6.45, 7) is 2.02. The topological polar surface area (TPSA) is 63.5 Å². The van der Waals surface area contributed by atoms with Crippen LogP contribution in [0, 0.1) is 0 Å². The summed E-state index contributed by atoms with van der Waals surface area (Å²) in [5.41, 5.74) is 1.59. The number of fused-ring (bicyclic) bond motifs is 1. The Bertz CT molecular complexity index is 970. The Labute approximate surface area is 164 Å². The van der Waals surface area contributed by atoms with Gasteiger partial charge in [0, 0.05) is 28.4 Å². The lowest BCUT2D eigenvalue weighted by Gasteiger charge is -2.17. The number of amides is 1. The number of halogens is 1. The summed E-state index contributed by atoms with van der Waals surface area (Å²) in [4.78, 5) is 29.3. The highest BCUT2D eigenvalue weighted by Crippen LogP contribution is 2.20. The van der Waals surface area contributed by atoms with Crippen LogP contribution in [-0.4, -0.2) is 21.0 Å². The van der Waals surface area contributed by atoms with Crippen LogP contribution >= 0.6 is 34.7 Å². The number of hydrogen-bond acceptors (Lipinski definition) is 5. The molecule has 0 bridgehead atoms. The van der Waals surface area contributed by atoms with Crippen LogP contribution in [0.1, 0.15) is 30.6 Å². The van der Waals surface area contributed by atoms with Gasteiger partial charge in [0.05, 0.1) is 17.5 Å². The monoisotopic (exact) mass is 407 g/mol. The van der Waals surface area contributed by atoms with Crippen molar-refractivity contribution in [2.75, 3.05) is 5.75 Å². The number of aromatic nitrogens is 2. The van der Waals surface area contributed by atoms with Gasteiger partial charge in [0.15, 0.2) is 4.96 Å². The molecule has 3 aromatic rings. The van der Waals surface area contributed by atoms with E-state index in [1.807, 2.05) is 36.6 Å². The van der Waals surface area contributed by atoms with Crippen molar-refractivity contribution in [1.29, 1.82) is 0 Å². The zero-order valence-corrected chi connectivity index (χ0v) is 16.5. The first-order valence-electron chi connectivity index (χ1n) is 8.15. The minimum atomic E-state index is -0.0942. The first-order valence-corrected chi connectivity index (χ1v) is 10.6. The van der Waals surface area contributed by atoms with Crippen molar-refractivity contribution in [2.24, 2.45) is 0 Å². The summed E-state index contributed by atoms with van der Waals surface area (Å²) in [5, 5.41) is 5.52. The van der Waals surface area contributed by atoms with E-state index in [0.29, 0.717) is 27.2 Å². The Morgan fingerprint density at radius 3 is 3.04 bits per heavy atom. The second-order valence-electron chi connectivity index (χ2n) is 5.72. The van der Waals surface area contributed by atoms with Crippen molar-refractivity contribution in [1.82, 2.24) is 14.7 Å². The third-order valence-corrected chi connectivity index (χ3v) is 5.79. The molecule has 1 unspecified atom stereocenters. The maximum absolute atomic E-state index is 12.2. The van der Waals surface area contributed by atoms with E-state index in [1.165, 1.54) is 33.6 Å². The van der Waals surface area contributed by atoms with Crippen molar-refractivity contribution in [3.8, 4) is 0 Å². The maximum atomic E-state index is 12.2. The molecule has 3 rings (SSSR count). The molecular formula is C18H18ClN3O2S2. The maximum Gasteiger partial charge on any atom is 0.258 e. The largest absolute Gasteiger partial charge is 0.349 e. The number of benzene rings is 1. The van der Waals surface area contributed by atoms with E-state index in [1.54, 1.807) is 6.20 Å². The molecule has 0 fully saturated rings. The molecule has 0 aliphatic heterocycles. The average Bonchev–Trinajstić information content (AvgIpc) is 3.09. The van der Waals surface area contributed by atoms with Crippen LogP contribution in [0.3, 0.4) is 0 Å². The predicted molar refractivity (Wildman–Crippen MR) is 108 cm³/mol. The lowest BCUT2D eigenvalue weighted by molar-refractivity contribution is -0.119. The quantitative estimate of drug-likeness (QED) is 0.645. The fourth-order valence-electron chi connectivity index (χ4n) is 2.59. The average molecular weight is 408 g/mol. The van der Waals surface area contributed by atoms with Crippen LogP contribution in [0.25, 0.3) is 4.96 Å². The molecule has 1 atom stereocenters. The van der Waals surface area contributed by atoms with Gasteiger partial charge in [0.2, 0.25) is 5.91 Å². The molecule has 0 saturated heterocycles. The Morgan fingerprint density at radius 1 is 1.42 bits per heavy atom. The zero-order chi connectivity index (χ0) is 18.5. The van der Waals surface area contributed by atoms with Gasteiger partial charge in [0.25, 0.3) is 5.56 Å². The van der Waals surface area contributed by atoms with Gasteiger partial charge in [-0.05, 0) is 24.1 Å². The number of nitrogens with zero attached hydrogens (tertiary/aromatic N) is 2. The standard InChI is InChI=1S/C18H18ClN3O2S2/c1-2-15(12-4-3-5-13(19)8-12)21-16(23)11-25-10-14-9-17(24)22-6-7-26-18(22)20-14/h3-9,15H,2,10-11H2,1H3,(H,21,23). The summed E-state index contributed by atoms with van der Waals surface area (Å²) < 4.78 is 1.52. The molecule has 8 heteroatoms. The highest BCUT2D eigenvalue weighted by atomic mass is 35.5. The van der Waals surface area contributed by atoms with Crippen molar-refractivity contribution >= 4 is 45.6 Å². The zero-order valence-electron chi connectivity index (χ0n) is 14.1. The minimum absolute atomic E-state index is 0.0456. The van der Waals surface area contributed by atoms with Gasteiger partial charge in [-0.2, -0.15) is 0 Å². The molecule has 5 nitrogen and oxygen atoms in total. The fourth-order valence-corrected chi connectivity index (χ4v) is 4.26. The number of carbonyl (C=O) groups is 1. The van der Waals surface area contributed by atoms with E-state index >= 15 is 0 Å². The first kappa shape index (κ1) is 18.9. The number of nitrogens with one attached hydrogen (secondary N) is 1. The predicted octanol–water partition coefficient (Wildman–Crippen LogP) is 3.91. The number of hydrogen-bond donors (Lipinski definition) is 1. The highest BCUT2D eigenvalue weighted by molar-refractivity contribution is 7.99. The molecule has 136 valence electrons. The molecule has 0 radical (unpaired) electrons. The third-order valence-electron chi connectivity index (χ3n) is 3.83. The van der Waals surface area contributed by atoms with E-state index in [9.17, 15) is 9.59 Å². The van der Waals surface area contributed by atoms with Crippen molar-refractivity contribution in [3.63, 3.8) is 0 Å². The van der Waals surface area contributed by atoms with E-state index in [-0.39, 0.29) is 17.5 Å². The van der Waals surface area contributed by atoms with E-state index < -0.39 is 0 Å². The van der Waals surface area contributed by atoms with Crippen LogP contribution in [0.5, 0.6) is 0 Å². The van der Waals surface area contributed by atoms with Crippen LogP contribution in [0.15, 0.2) is 46.7 Å². The van der Waals surface area contributed by atoms with Gasteiger partial charge in [-0.3, -0.25) is 14.0 Å². The van der Waals surface area contributed by atoms with Crippen molar-refractivity contribution in [3.05, 3.63) is 68.5 Å². The van der Waals surface area contributed by atoms with Gasteiger partial charge >= 0.3 is 0 Å². The van der Waals surface area contributed by atoms with Gasteiger partial charge in [-0.25, -0.2) is 4.98 Å². The van der Waals surface area contributed by atoms with Gasteiger partial charge < -0.3 is 5.32 Å². The molecule has 0 spiro atoms. The fraction of sp³-hybridized carbons (Fsp3) is 0.278. The molecule has 0 saturated carbocycles. The highest BCUT2D eigenvalue weighted by Gasteiger charge is 2.13. The third kappa shape index (κ3) is 4.66. The molecule has 2 aromatic heterocycles. The SMILES string of the molecule is CCC(NC(=O)CSCc1cc(=O)n2ccsc2n1)c1cccc(Cl)c1. The molecule has 2 heterocycles. The summed E-state index contributed by atoms with van der Waals surface area (Å²) in [7, 11) is 0. The molecule has 1 aromatic carbocycles. The van der Waals surface area contributed by atoms with Crippen LogP contribution in [0.2, 0.25) is 5.02 Å². The van der Waals surface area contributed by atoms with Gasteiger partial charge in [0.1, 0.15) is 0 Å². The second kappa shape index (κ2) is 8.70. The number of thioether (sulfide) groups is 1. The molecular weight excluding hydrogens is 390 g/mol. The summed E-state index contributed by atoms with van der Waals surface area (Å²) in [6.07, 6.45) is 2.49. The van der Waals surface area contributed by atoms with Crippen LogP contribution in [-0.2, 0) is 10.5 Å². The first-order chi connectivity index (χ1) is 12.6. The van der Waals surface area contributed by atoms with Crippen LogP contribution < -0.4 is 10.9 Å². The Balaban J connectivity index is 1.55. The van der Waals surface area contributed by atoms with Crippen molar-refractivity contribution in [2.45, 2.75) is 25.1 Å². The van der Waals surface area contributed by atoms with Crippen LogP contribution in [0.4, 0.5) is 0 Å². The Kier molecular flexibility index (Phi) is 6.34. The van der Waals surface area contributed by atoms with E-state index in [2.05, 4.69) is 10.3 Å². The molecule has 1 N–H and O–H groups in total. The number of rotatable bonds is 7. The normalized spacial score (nSPS) is 12.2. The lowest BCUT2D eigenvalue weighted by Crippen LogP contribution is -2.29. The molecule has 1 amide bonds. The van der Waals surface area contributed by atoms with Crippen molar-refractivity contribution < 1.29 is 4.79 Å². The lowest BCUT2D eigenvalue weighted by atomic mass is 10.0.